The van der Waals surface area contributed by atoms with Crippen LogP contribution in [0.1, 0.15) is 81.1 Å². The smallest absolute Gasteiger partial charge is 0.223 e. The van der Waals surface area contributed by atoms with Gasteiger partial charge in [0, 0.05) is 25.1 Å². The van der Waals surface area contributed by atoms with Gasteiger partial charge in [0.2, 0.25) is 5.91 Å². The number of carbonyl (C=O) groups excluding carboxylic acids is 1. The third-order valence-corrected chi connectivity index (χ3v) is 6.35. The molecular weight excluding hydrogens is 380 g/mol. The first kappa shape index (κ1) is 20.8. The highest BCUT2D eigenvalue weighted by Gasteiger charge is 2.39. The molecule has 4 rings (SSSR count). The van der Waals surface area contributed by atoms with Gasteiger partial charge < -0.3 is 14.7 Å². The molecule has 0 radical (unpaired) electrons. The summed E-state index contributed by atoms with van der Waals surface area (Å²) in [7, 11) is 1.65. The topological polar surface area (TPSA) is 80.5 Å². The number of benzene rings is 1. The SMILES string of the molecule is CCCCCC(=O)N1C[C@H](O)[C@@H](n2cc(C3CC3)nn2)C[C@H]1c1ccc(OC)cc1. The average molecular weight is 413 g/mol. The van der Waals surface area contributed by atoms with Crippen LogP contribution in [-0.2, 0) is 4.79 Å². The summed E-state index contributed by atoms with van der Waals surface area (Å²) < 4.78 is 7.11. The van der Waals surface area contributed by atoms with Crippen molar-refractivity contribution in [2.75, 3.05) is 13.7 Å². The molecule has 0 bridgehead atoms. The van der Waals surface area contributed by atoms with Gasteiger partial charge in [-0.15, -0.1) is 5.10 Å². The van der Waals surface area contributed by atoms with Gasteiger partial charge in [-0.1, -0.05) is 37.1 Å². The number of unbranched alkanes of at least 4 members (excludes halogenated alkanes) is 2. The van der Waals surface area contributed by atoms with E-state index in [1.54, 1.807) is 7.11 Å². The predicted octanol–water partition coefficient (Wildman–Crippen LogP) is 3.62. The summed E-state index contributed by atoms with van der Waals surface area (Å²) in [5.74, 6) is 1.42. The minimum Gasteiger partial charge on any atom is -0.497 e. The van der Waals surface area contributed by atoms with E-state index >= 15 is 0 Å². The monoisotopic (exact) mass is 412 g/mol. The van der Waals surface area contributed by atoms with E-state index < -0.39 is 6.10 Å². The van der Waals surface area contributed by atoms with E-state index in [0.717, 1.165) is 36.3 Å². The normalized spacial score (nSPS) is 24.1. The zero-order valence-electron chi connectivity index (χ0n) is 17.9. The Morgan fingerprint density at radius 1 is 1.23 bits per heavy atom. The zero-order chi connectivity index (χ0) is 21.1. The number of aliphatic hydroxyl groups is 1. The Labute approximate surface area is 178 Å². The molecule has 2 aromatic rings. The lowest BCUT2D eigenvalue weighted by molar-refractivity contribution is -0.140. The summed E-state index contributed by atoms with van der Waals surface area (Å²) >= 11 is 0. The summed E-state index contributed by atoms with van der Waals surface area (Å²) in [6.45, 7) is 2.44. The fourth-order valence-electron chi connectivity index (χ4n) is 4.35. The van der Waals surface area contributed by atoms with Crippen LogP contribution in [0.5, 0.6) is 5.75 Å². The number of carbonyl (C=O) groups is 1. The maximum atomic E-state index is 13.0. The van der Waals surface area contributed by atoms with Gasteiger partial charge in [-0.2, -0.15) is 0 Å². The largest absolute Gasteiger partial charge is 0.497 e. The molecular formula is C23H32N4O3. The fourth-order valence-corrected chi connectivity index (χ4v) is 4.35. The molecule has 1 aromatic carbocycles. The number of rotatable bonds is 8. The van der Waals surface area contributed by atoms with E-state index in [0.29, 0.717) is 25.3 Å². The molecule has 1 aromatic heterocycles. The Kier molecular flexibility index (Phi) is 6.37. The van der Waals surface area contributed by atoms with Gasteiger partial charge in [-0.05, 0) is 43.4 Å². The van der Waals surface area contributed by atoms with Gasteiger partial charge in [0.15, 0.2) is 0 Å². The van der Waals surface area contributed by atoms with Crippen LogP contribution in [0.25, 0.3) is 0 Å². The van der Waals surface area contributed by atoms with Crippen molar-refractivity contribution in [2.45, 2.75) is 76.0 Å². The Morgan fingerprint density at radius 3 is 2.67 bits per heavy atom. The summed E-state index contributed by atoms with van der Waals surface area (Å²) in [4.78, 5) is 14.9. The number of methoxy groups -OCH3 is 1. The molecule has 1 amide bonds. The fraction of sp³-hybridized carbons (Fsp3) is 0.609. The van der Waals surface area contributed by atoms with Crippen molar-refractivity contribution in [2.24, 2.45) is 0 Å². The van der Waals surface area contributed by atoms with Crippen molar-refractivity contribution >= 4 is 5.91 Å². The Balaban J connectivity index is 1.57. The molecule has 3 atom stereocenters. The molecule has 0 spiro atoms. The Morgan fingerprint density at radius 2 is 2.00 bits per heavy atom. The molecule has 1 saturated carbocycles. The van der Waals surface area contributed by atoms with Crippen LogP contribution in [-0.4, -0.2) is 50.7 Å². The summed E-state index contributed by atoms with van der Waals surface area (Å²) in [5, 5.41) is 19.6. The van der Waals surface area contributed by atoms with Crippen molar-refractivity contribution < 1.29 is 14.6 Å². The second kappa shape index (κ2) is 9.16. The highest BCUT2D eigenvalue weighted by molar-refractivity contribution is 5.77. The Hall–Kier alpha value is -2.41. The van der Waals surface area contributed by atoms with Gasteiger partial charge >= 0.3 is 0 Å². The molecule has 1 saturated heterocycles. The minimum absolute atomic E-state index is 0.105. The van der Waals surface area contributed by atoms with Gasteiger partial charge in [0.25, 0.3) is 0 Å². The van der Waals surface area contributed by atoms with Crippen molar-refractivity contribution in [1.29, 1.82) is 0 Å². The summed E-state index contributed by atoms with van der Waals surface area (Å²) in [6.07, 6.45) is 7.79. The van der Waals surface area contributed by atoms with Crippen molar-refractivity contribution in [3.05, 3.63) is 41.7 Å². The number of hydrogen-bond donors (Lipinski definition) is 1. The van der Waals surface area contributed by atoms with E-state index in [1.165, 1.54) is 12.8 Å². The van der Waals surface area contributed by atoms with Crippen LogP contribution in [0.2, 0.25) is 0 Å². The number of aromatic nitrogens is 3. The van der Waals surface area contributed by atoms with E-state index in [-0.39, 0.29) is 18.0 Å². The molecule has 7 nitrogen and oxygen atoms in total. The average Bonchev–Trinajstić information content (AvgIpc) is 3.51. The number of likely N-dealkylation sites (tertiary alicyclic amines) is 1. The van der Waals surface area contributed by atoms with Crippen LogP contribution in [0.15, 0.2) is 30.5 Å². The molecule has 1 N–H and O–H groups in total. The van der Waals surface area contributed by atoms with E-state index in [2.05, 4.69) is 17.2 Å². The molecule has 2 aliphatic rings. The molecule has 1 aliphatic heterocycles. The van der Waals surface area contributed by atoms with Gasteiger partial charge in [0.05, 0.1) is 31.0 Å². The first-order chi connectivity index (χ1) is 14.6. The van der Waals surface area contributed by atoms with Crippen LogP contribution >= 0.6 is 0 Å². The third-order valence-electron chi connectivity index (χ3n) is 6.35. The van der Waals surface area contributed by atoms with Gasteiger partial charge in [-0.3, -0.25) is 4.79 Å². The number of hydrogen-bond acceptors (Lipinski definition) is 5. The number of piperidine rings is 1. The molecule has 7 heteroatoms. The standard InChI is InChI=1S/C23H32N4O3/c1-3-4-5-6-23(29)26-15-22(28)21(27-14-19(24-25-27)16-7-8-16)13-20(26)17-9-11-18(30-2)12-10-17/h9-12,14,16,20-22,28H,3-8,13,15H2,1-2H3/t20-,21-,22-/m0/s1. The third kappa shape index (κ3) is 4.51. The van der Waals surface area contributed by atoms with E-state index in [9.17, 15) is 9.90 Å². The second-order valence-corrected chi connectivity index (χ2v) is 8.56. The zero-order valence-corrected chi connectivity index (χ0v) is 17.9. The minimum atomic E-state index is -0.664. The van der Waals surface area contributed by atoms with Crippen LogP contribution in [0, 0.1) is 0 Å². The number of β-amino-alcohol motifs (C(OH)–C–C–N with tert-alkyl or cyclic N) is 1. The summed E-state index contributed by atoms with van der Waals surface area (Å²) in [5.41, 5.74) is 2.07. The maximum absolute atomic E-state index is 13.0. The van der Waals surface area contributed by atoms with E-state index in [4.69, 9.17) is 4.74 Å². The summed E-state index contributed by atoms with van der Waals surface area (Å²) in [6, 6.07) is 7.58. The molecule has 0 unspecified atom stereocenters. The predicted molar refractivity (Wildman–Crippen MR) is 113 cm³/mol. The van der Waals surface area contributed by atoms with Crippen molar-refractivity contribution in [3.63, 3.8) is 0 Å². The highest BCUT2D eigenvalue weighted by atomic mass is 16.5. The van der Waals surface area contributed by atoms with Crippen LogP contribution in [0.4, 0.5) is 0 Å². The molecule has 1 aliphatic carbocycles. The van der Waals surface area contributed by atoms with Crippen LogP contribution < -0.4 is 4.74 Å². The molecule has 30 heavy (non-hydrogen) atoms. The lowest BCUT2D eigenvalue weighted by Crippen LogP contribution is -2.49. The maximum Gasteiger partial charge on any atom is 0.223 e. The lowest BCUT2D eigenvalue weighted by Gasteiger charge is -2.42. The first-order valence-electron chi connectivity index (χ1n) is 11.1. The number of aliphatic hydroxyl groups excluding tert-OH is 1. The second-order valence-electron chi connectivity index (χ2n) is 8.56. The molecule has 162 valence electrons. The quantitative estimate of drug-likeness (QED) is 0.670. The van der Waals surface area contributed by atoms with Crippen molar-refractivity contribution in [1.82, 2.24) is 19.9 Å². The van der Waals surface area contributed by atoms with Crippen LogP contribution in [0.3, 0.4) is 0 Å². The number of amides is 1. The molecule has 2 fully saturated rings. The number of ether oxygens (including phenoxy) is 1. The van der Waals surface area contributed by atoms with Crippen molar-refractivity contribution in [3.8, 4) is 5.75 Å². The van der Waals surface area contributed by atoms with Gasteiger partial charge in [-0.25, -0.2) is 4.68 Å². The lowest BCUT2D eigenvalue weighted by atomic mass is 9.89. The van der Waals surface area contributed by atoms with Gasteiger partial charge in [0.1, 0.15) is 5.75 Å². The highest BCUT2D eigenvalue weighted by Crippen LogP contribution is 2.41. The first-order valence-corrected chi connectivity index (χ1v) is 11.1. The number of nitrogens with zero attached hydrogens (tertiary/aromatic N) is 4. The Bertz CT molecular complexity index is 846. The molecule has 2 heterocycles. The van der Waals surface area contributed by atoms with E-state index in [1.807, 2.05) is 40.0 Å².